The van der Waals surface area contributed by atoms with Crippen LogP contribution in [0.5, 0.6) is 5.75 Å². The Morgan fingerprint density at radius 2 is 1.89 bits per heavy atom. The lowest BCUT2D eigenvalue weighted by atomic mass is 9.99. The van der Waals surface area contributed by atoms with E-state index in [1.165, 1.54) is 5.56 Å². The van der Waals surface area contributed by atoms with Crippen LogP contribution in [0.25, 0.3) is 0 Å². The zero-order valence-corrected chi connectivity index (χ0v) is 14.0. The zero-order chi connectivity index (χ0) is 14.5. The summed E-state index contributed by atoms with van der Waals surface area (Å²) in [6.45, 7) is 13.2. The van der Waals surface area contributed by atoms with Gasteiger partial charge in [0.25, 0.3) is 0 Å². The third-order valence-corrected chi connectivity index (χ3v) is 9.08. The minimum Gasteiger partial charge on any atom is -0.543 e. The Morgan fingerprint density at radius 3 is 2.47 bits per heavy atom. The van der Waals surface area contributed by atoms with Gasteiger partial charge in [0.1, 0.15) is 5.75 Å². The van der Waals surface area contributed by atoms with Crippen LogP contribution in [-0.4, -0.2) is 13.4 Å². The number of aliphatic hydroxyl groups is 1. The van der Waals surface area contributed by atoms with Crippen LogP contribution in [0.4, 0.5) is 0 Å². The molecule has 2 rings (SSSR count). The summed E-state index contributed by atoms with van der Waals surface area (Å²) < 4.78 is 6.32. The van der Waals surface area contributed by atoms with Gasteiger partial charge in [-0.1, -0.05) is 26.8 Å². The van der Waals surface area contributed by atoms with Gasteiger partial charge in [-0.2, -0.15) is 0 Å². The van der Waals surface area contributed by atoms with Crippen LogP contribution in [0, 0.1) is 0 Å². The number of hydrogen-bond acceptors (Lipinski definition) is 2. The number of benzene rings is 1. The summed E-state index contributed by atoms with van der Waals surface area (Å²) >= 11 is 0. The summed E-state index contributed by atoms with van der Waals surface area (Å²) in [4.78, 5) is 0. The fraction of sp³-hybridized carbons (Fsp3) is 0.625. The molecule has 1 aromatic carbocycles. The maximum Gasteiger partial charge on any atom is 0.250 e. The van der Waals surface area contributed by atoms with E-state index in [1.54, 1.807) is 0 Å². The van der Waals surface area contributed by atoms with Gasteiger partial charge in [-0.3, -0.25) is 0 Å². The molecule has 1 aliphatic rings. The van der Waals surface area contributed by atoms with E-state index >= 15 is 0 Å². The third-order valence-electron chi connectivity index (χ3n) is 4.72. The average molecular weight is 278 g/mol. The first-order valence-corrected chi connectivity index (χ1v) is 9.99. The van der Waals surface area contributed by atoms with Gasteiger partial charge >= 0.3 is 0 Å². The van der Waals surface area contributed by atoms with Gasteiger partial charge in [0.15, 0.2) is 0 Å². The average Bonchev–Trinajstić information content (AvgIpc) is 2.52. The molecule has 19 heavy (non-hydrogen) atoms. The molecule has 0 saturated carbocycles. The number of fused-ring (bicyclic) bond motifs is 1. The molecule has 0 spiro atoms. The Morgan fingerprint density at radius 1 is 1.26 bits per heavy atom. The molecule has 0 aliphatic heterocycles. The van der Waals surface area contributed by atoms with Crippen LogP contribution in [0.3, 0.4) is 0 Å². The summed E-state index contributed by atoms with van der Waals surface area (Å²) in [5.41, 5.74) is 1.64. The van der Waals surface area contributed by atoms with E-state index in [0.717, 1.165) is 24.2 Å². The van der Waals surface area contributed by atoms with Crippen molar-refractivity contribution in [3.8, 4) is 5.75 Å². The van der Waals surface area contributed by atoms with Crippen molar-refractivity contribution < 1.29 is 9.53 Å². The zero-order valence-electron chi connectivity index (χ0n) is 13.0. The molecule has 1 N–H and O–H groups in total. The second-order valence-electron chi connectivity index (χ2n) is 7.46. The molecule has 1 aliphatic carbocycles. The molecule has 3 heteroatoms. The molecule has 0 heterocycles. The molecule has 0 saturated heterocycles. The third kappa shape index (κ3) is 2.72. The highest BCUT2D eigenvalue weighted by molar-refractivity contribution is 6.74. The quantitative estimate of drug-likeness (QED) is 0.821. The molecular formula is C16H26O2Si. The summed E-state index contributed by atoms with van der Waals surface area (Å²) in [5.74, 6) is 0.961. The van der Waals surface area contributed by atoms with Crippen molar-refractivity contribution >= 4 is 8.32 Å². The second kappa shape index (κ2) is 4.35. The Balaban J connectivity index is 2.26. The topological polar surface area (TPSA) is 29.5 Å². The maximum absolute atomic E-state index is 10.3. The lowest BCUT2D eigenvalue weighted by Crippen LogP contribution is -2.43. The monoisotopic (exact) mass is 278 g/mol. The SMILES string of the molecule is CC1(O)CCc2cc(O[Si](C)(C)C(C)(C)C)ccc21. The molecule has 1 aromatic rings. The molecule has 1 atom stereocenters. The lowest BCUT2D eigenvalue weighted by molar-refractivity contribution is 0.0595. The Kier molecular flexibility index (Phi) is 3.34. The van der Waals surface area contributed by atoms with Crippen LogP contribution in [0.1, 0.15) is 45.2 Å². The summed E-state index contributed by atoms with van der Waals surface area (Å²) in [7, 11) is -1.78. The number of aryl methyl sites for hydroxylation is 1. The first-order valence-electron chi connectivity index (χ1n) is 7.08. The first-order chi connectivity index (χ1) is 8.53. The highest BCUT2D eigenvalue weighted by atomic mass is 28.4. The van der Waals surface area contributed by atoms with Crippen LogP contribution >= 0.6 is 0 Å². The van der Waals surface area contributed by atoms with Crippen molar-refractivity contribution in [1.29, 1.82) is 0 Å². The Labute approximate surface area is 117 Å². The van der Waals surface area contributed by atoms with E-state index in [9.17, 15) is 5.11 Å². The molecule has 0 amide bonds. The maximum atomic E-state index is 10.3. The van der Waals surface area contributed by atoms with Gasteiger partial charge in [-0.05, 0) is 61.2 Å². The van der Waals surface area contributed by atoms with Crippen molar-refractivity contribution in [3.63, 3.8) is 0 Å². The standard InChI is InChI=1S/C16H26O2Si/c1-15(2,3)19(5,6)18-13-7-8-14-12(11-13)9-10-16(14,4)17/h7-8,11,17H,9-10H2,1-6H3. The van der Waals surface area contributed by atoms with E-state index < -0.39 is 13.9 Å². The van der Waals surface area contributed by atoms with Crippen LogP contribution in [-0.2, 0) is 12.0 Å². The van der Waals surface area contributed by atoms with Gasteiger partial charge in [0.05, 0.1) is 5.60 Å². The minimum atomic E-state index is -1.78. The normalized spacial score (nSPS) is 23.3. The van der Waals surface area contributed by atoms with E-state index in [-0.39, 0.29) is 5.04 Å². The molecule has 0 aromatic heterocycles. The van der Waals surface area contributed by atoms with E-state index in [0.29, 0.717) is 0 Å². The van der Waals surface area contributed by atoms with Crippen molar-refractivity contribution in [1.82, 2.24) is 0 Å². The molecule has 2 nitrogen and oxygen atoms in total. The highest BCUT2D eigenvalue weighted by Crippen LogP contribution is 2.41. The number of rotatable bonds is 2. The molecular weight excluding hydrogens is 252 g/mol. The predicted molar refractivity (Wildman–Crippen MR) is 82.2 cm³/mol. The van der Waals surface area contributed by atoms with Crippen LogP contribution in [0.2, 0.25) is 18.1 Å². The molecule has 0 bridgehead atoms. The summed E-state index contributed by atoms with van der Waals surface area (Å²) in [5, 5.41) is 10.5. The smallest absolute Gasteiger partial charge is 0.250 e. The Bertz CT molecular complexity index is 484. The van der Waals surface area contributed by atoms with Crippen LogP contribution < -0.4 is 4.43 Å². The van der Waals surface area contributed by atoms with Crippen LogP contribution in [0.15, 0.2) is 18.2 Å². The lowest BCUT2D eigenvalue weighted by Gasteiger charge is -2.36. The van der Waals surface area contributed by atoms with Gasteiger partial charge in [-0.15, -0.1) is 0 Å². The highest BCUT2D eigenvalue weighted by Gasteiger charge is 2.39. The largest absolute Gasteiger partial charge is 0.543 e. The van der Waals surface area contributed by atoms with Crippen molar-refractivity contribution in [2.45, 2.75) is 64.3 Å². The molecule has 1 unspecified atom stereocenters. The van der Waals surface area contributed by atoms with E-state index in [2.05, 4.69) is 39.9 Å². The summed E-state index contributed by atoms with van der Waals surface area (Å²) in [6, 6.07) is 6.17. The fourth-order valence-corrected chi connectivity index (χ4v) is 3.35. The molecule has 0 fully saturated rings. The molecule has 106 valence electrons. The number of hydrogen-bond donors (Lipinski definition) is 1. The minimum absolute atomic E-state index is 0.206. The molecule has 0 radical (unpaired) electrons. The first kappa shape index (κ1) is 14.6. The Hall–Kier alpha value is -0.803. The summed E-state index contributed by atoms with van der Waals surface area (Å²) in [6.07, 6.45) is 1.75. The van der Waals surface area contributed by atoms with Crippen molar-refractivity contribution in [3.05, 3.63) is 29.3 Å². The van der Waals surface area contributed by atoms with Gasteiger partial charge in [-0.25, -0.2) is 0 Å². The van der Waals surface area contributed by atoms with Crippen molar-refractivity contribution in [2.75, 3.05) is 0 Å². The van der Waals surface area contributed by atoms with Gasteiger partial charge in [0.2, 0.25) is 8.32 Å². The van der Waals surface area contributed by atoms with E-state index in [1.807, 2.05) is 19.1 Å². The van der Waals surface area contributed by atoms with E-state index in [4.69, 9.17) is 4.43 Å². The van der Waals surface area contributed by atoms with Gasteiger partial charge in [0, 0.05) is 0 Å². The second-order valence-corrected chi connectivity index (χ2v) is 12.2. The van der Waals surface area contributed by atoms with Crippen molar-refractivity contribution in [2.24, 2.45) is 0 Å². The van der Waals surface area contributed by atoms with Gasteiger partial charge < -0.3 is 9.53 Å². The predicted octanol–water partition coefficient (Wildman–Crippen LogP) is 4.22. The fourth-order valence-electron chi connectivity index (χ4n) is 2.33.